The summed E-state index contributed by atoms with van der Waals surface area (Å²) in [6, 6.07) is 25.6. The number of halogens is 1. The van der Waals surface area contributed by atoms with Crippen LogP contribution in [0.4, 0.5) is 0 Å². The van der Waals surface area contributed by atoms with Gasteiger partial charge in [0.1, 0.15) is 0 Å². The van der Waals surface area contributed by atoms with Gasteiger partial charge in [-0.1, -0.05) is 84.9 Å². The van der Waals surface area contributed by atoms with Crippen molar-refractivity contribution in [2.45, 2.75) is 6.54 Å². The zero-order chi connectivity index (χ0) is 15.2. The highest BCUT2D eigenvalue weighted by atomic mass is 35.5. The Balaban J connectivity index is 0.00000192. The molecule has 0 heterocycles. The van der Waals surface area contributed by atoms with E-state index in [9.17, 15) is 0 Å². The van der Waals surface area contributed by atoms with E-state index in [2.05, 4.69) is 90.8 Å². The molecule has 0 amide bonds. The van der Waals surface area contributed by atoms with Crippen molar-refractivity contribution in [1.82, 2.24) is 4.90 Å². The van der Waals surface area contributed by atoms with Gasteiger partial charge in [0.25, 0.3) is 0 Å². The molecular formula is C21H22ClN. The summed E-state index contributed by atoms with van der Waals surface area (Å²) in [6.45, 7) is 1.90. The van der Waals surface area contributed by atoms with Crippen LogP contribution in [0.3, 0.4) is 0 Å². The van der Waals surface area contributed by atoms with Crippen LogP contribution in [0, 0.1) is 0 Å². The second kappa shape index (κ2) is 8.52. The molecule has 0 saturated heterocycles. The molecule has 0 aromatic heterocycles. The molecule has 118 valence electrons. The van der Waals surface area contributed by atoms with Crippen molar-refractivity contribution in [2.75, 3.05) is 13.6 Å². The minimum absolute atomic E-state index is 0. The fourth-order valence-electron chi connectivity index (χ4n) is 2.72. The van der Waals surface area contributed by atoms with Crippen LogP contribution in [0.15, 0.2) is 78.9 Å². The van der Waals surface area contributed by atoms with Crippen molar-refractivity contribution in [2.24, 2.45) is 0 Å². The van der Waals surface area contributed by atoms with E-state index in [0.29, 0.717) is 0 Å². The molecule has 0 saturated carbocycles. The Hall–Kier alpha value is -2.09. The molecular weight excluding hydrogens is 302 g/mol. The lowest BCUT2D eigenvalue weighted by Gasteiger charge is -2.16. The summed E-state index contributed by atoms with van der Waals surface area (Å²) in [7, 11) is 2.16. The fourth-order valence-corrected chi connectivity index (χ4v) is 2.72. The van der Waals surface area contributed by atoms with Gasteiger partial charge >= 0.3 is 0 Å². The monoisotopic (exact) mass is 323 g/mol. The SMILES string of the molecule is CN(C/C=C\c1ccccc1)Cc1cccc2ccccc12.Cl. The Labute approximate surface area is 144 Å². The number of likely N-dealkylation sites (N-methyl/N-ethyl adjacent to an activating group) is 1. The second-order valence-corrected chi connectivity index (χ2v) is 5.65. The molecule has 0 aliphatic carbocycles. The lowest BCUT2D eigenvalue weighted by molar-refractivity contribution is 0.365. The highest BCUT2D eigenvalue weighted by Gasteiger charge is 2.03. The van der Waals surface area contributed by atoms with E-state index in [1.54, 1.807) is 0 Å². The molecule has 23 heavy (non-hydrogen) atoms. The van der Waals surface area contributed by atoms with Crippen LogP contribution >= 0.6 is 12.4 Å². The third kappa shape index (κ3) is 4.69. The van der Waals surface area contributed by atoms with E-state index < -0.39 is 0 Å². The summed E-state index contributed by atoms with van der Waals surface area (Å²) >= 11 is 0. The number of fused-ring (bicyclic) bond motifs is 1. The van der Waals surface area contributed by atoms with Gasteiger partial charge in [0.15, 0.2) is 0 Å². The average molecular weight is 324 g/mol. The maximum atomic E-state index is 2.33. The summed E-state index contributed by atoms with van der Waals surface area (Å²) in [4.78, 5) is 2.33. The van der Waals surface area contributed by atoms with Gasteiger partial charge in [0.05, 0.1) is 0 Å². The van der Waals surface area contributed by atoms with Crippen molar-refractivity contribution in [3.8, 4) is 0 Å². The van der Waals surface area contributed by atoms with Crippen LogP contribution in [0.1, 0.15) is 11.1 Å². The van der Waals surface area contributed by atoms with Gasteiger partial charge in [-0.2, -0.15) is 0 Å². The van der Waals surface area contributed by atoms with Gasteiger partial charge < -0.3 is 0 Å². The largest absolute Gasteiger partial charge is 0.298 e. The van der Waals surface area contributed by atoms with Gasteiger partial charge in [-0.25, -0.2) is 0 Å². The molecule has 0 radical (unpaired) electrons. The number of hydrogen-bond acceptors (Lipinski definition) is 1. The molecule has 3 aromatic rings. The molecule has 0 aliphatic heterocycles. The van der Waals surface area contributed by atoms with Gasteiger partial charge in [-0.05, 0) is 28.9 Å². The first-order valence-corrected chi connectivity index (χ1v) is 7.70. The summed E-state index contributed by atoms with van der Waals surface area (Å²) in [6.07, 6.45) is 4.40. The normalized spacial score (nSPS) is 11.0. The number of nitrogens with zero attached hydrogens (tertiary/aromatic N) is 1. The lowest BCUT2D eigenvalue weighted by atomic mass is 10.0. The molecule has 0 N–H and O–H groups in total. The molecule has 0 atom stereocenters. The maximum Gasteiger partial charge on any atom is 0.0240 e. The molecule has 0 fully saturated rings. The molecule has 0 aliphatic rings. The van der Waals surface area contributed by atoms with Crippen LogP contribution in [0.2, 0.25) is 0 Å². The minimum atomic E-state index is 0. The third-order valence-corrected chi connectivity index (χ3v) is 3.85. The smallest absolute Gasteiger partial charge is 0.0240 e. The molecule has 1 nitrogen and oxygen atoms in total. The molecule has 2 heteroatoms. The van der Waals surface area contributed by atoms with E-state index in [1.165, 1.54) is 21.9 Å². The Bertz CT molecular complexity index is 760. The van der Waals surface area contributed by atoms with Crippen LogP contribution in [0.5, 0.6) is 0 Å². The van der Waals surface area contributed by atoms with Crippen molar-refractivity contribution in [1.29, 1.82) is 0 Å². The fraction of sp³-hybridized carbons (Fsp3) is 0.143. The molecule has 0 bridgehead atoms. The van der Waals surface area contributed by atoms with Crippen LogP contribution < -0.4 is 0 Å². The predicted octanol–water partition coefficient (Wildman–Crippen LogP) is 5.41. The van der Waals surface area contributed by atoms with Gasteiger partial charge in [-0.15, -0.1) is 12.4 Å². The van der Waals surface area contributed by atoms with Crippen molar-refractivity contribution in [3.63, 3.8) is 0 Å². The summed E-state index contributed by atoms with van der Waals surface area (Å²) < 4.78 is 0. The van der Waals surface area contributed by atoms with E-state index in [-0.39, 0.29) is 12.4 Å². The minimum Gasteiger partial charge on any atom is -0.298 e. The van der Waals surface area contributed by atoms with E-state index in [4.69, 9.17) is 0 Å². The van der Waals surface area contributed by atoms with Crippen LogP contribution in [-0.4, -0.2) is 18.5 Å². The second-order valence-electron chi connectivity index (χ2n) is 5.65. The standard InChI is InChI=1S/C21H21N.ClH/c1-22(16-8-11-18-9-3-2-4-10-18)17-20-14-7-13-19-12-5-6-15-21(19)20;/h2-15H,16-17H2,1H3;1H/b11-8-;. The van der Waals surface area contributed by atoms with E-state index in [1.807, 2.05) is 6.07 Å². The maximum absolute atomic E-state index is 2.33. The topological polar surface area (TPSA) is 3.24 Å². The highest BCUT2D eigenvalue weighted by molar-refractivity contribution is 5.86. The first kappa shape index (κ1) is 17.3. The summed E-state index contributed by atoms with van der Waals surface area (Å²) in [5, 5.41) is 2.66. The van der Waals surface area contributed by atoms with Gasteiger partial charge in [-0.3, -0.25) is 4.90 Å². The number of benzene rings is 3. The average Bonchev–Trinajstić information content (AvgIpc) is 2.56. The predicted molar refractivity (Wildman–Crippen MR) is 103 cm³/mol. The summed E-state index contributed by atoms with van der Waals surface area (Å²) in [5.74, 6) is 0. The van der Waals surface area contributed by atoms with Gasteiger partial charge in [0, 0.05) is 13.1 Å². The van der Waals surface area contributed by atoms with Crippen LogP contribution in [-0.2, 0) is 6.54 Å². The van der Waals surface area contributed by atoms with Crippen molar-refractivity contribution in [3.05, 3.63) is 90.0 Å². The van der Waals surface area contributed by atoms with Crippen molar-refractivity contribution >= 4 is 29.3 Å². The Morgan fingerprint density at radius 2 is 1.52 bits per heavy atom. The van der Waals surface area contributed by atoms with Crippen LogP contribution in [0.25, 0.3) is 16.8 Å². The van der Waals surface area contributed by atoms with E-state index in [0.717, 1.165) is 13.1 Å². The quantitative estimate of drug-likeness (QED) is 0.607. The zero-order valence-electron chi connectivity index (χ0n) is 13.4. The third-order valence-electron chi connectivity index (χ3n) is 3.85. The molecule has 3 rings (SSSR count). The first-order chi connectivity index (χ1) is 10.8. The zero-order valence-corrected chi connectivity index (χ0v) is 14.2. The highest BCUT2D eigenvalue weighted by Crippen LogP contribution is 2.19. The lowest BCUT2D eigenvalue weighted by Crippen LogP contribution is -2.17. The first-order valence-electron chi connectivity index (χ1n) is 7.70. The Kier molecular flexibility index (Phi) is 6.40. The molecule has 0 spiro atoms. The van der Waals surface area contributed by atoms with Crippen molar-refractivity contribution < 1.29 is 0 Å². The number of rotatable bonds is 5. The molecule has 3 aromatic carbocycles. The Morgan fingerprint density at radius 1 is 0.826 bits per heavy atom. The Morgan fingerprint density at radius 3 is 2.35 bits per heavy atom. The van der Waals surface area contributed by atoms with E-state index >= 15 is 0 Å². The molecule has 0 unspecified atom stereocenters. The summed E-state index contributed by atoms with van der Waals surface area (Å²) in [5.41, 5.74) is 2.63. The van der Waals surface area contributed by atoms with Gasteiger partial charge in [0.2, 0.25) is 0 Å². The number of hydrogen-bond donors (Lipinski definition) is 0.